The summed E-state index contributed by atoms with van der Waals surface area (Å²) in [6.45, 7) is 7.33. The van der Waals surface area contributed by atoms with Crippen molar-refractivity contribution in [3.8, 4) is 0 Å². The molecule has 0 aromatic rings. The molecule has 0 spiro atoms. The van der Waals surface area contributed by atoms with E-state index in [0.717, 1.165) is 0 Å². The highest BCUT2D eigenvalue weighted by atomic mass is 35.5. The van der Waals surface area contributed by atoms with Gasteiger partial charge in [0.25, 0.3) is 0 Å². The number of halogens is 1. The van der Waals surface area contributed by atoms with Crippen LogP contribution in [0.3, 0.4) is 0 Å². The highest BCUT2D eigenvalue weighted by molar-refractivity contribution is 5.85. The monoisotopic (exact) mass is 249 g/mol. The molecule has 2 amide bonds. The number of hydrogen-bond donors (Lipinski definition) is 1. The van der Waals surface area contributed by atoms with Crippen LogP contribution in [0, 0.1) is 0 Å². The third kappa shape index (κ3) is 3.64. The lowest BCUT2D eigenvalue weighted by molar-refractivity contribution is -0.141. The zero-order chi connectivity index (χ0) is 11.6. The third-order valence-electron chi connectivity index (χ3n) is 2.56. The summed E-state index contributed by atoms with van der Waals surface area (Å²) >= 11 is 0. The minimum absolute atomic E-state index is 0. The highest BCUT2D eigenvalue weighted by Gasteiger charge is 2.30. The summed E-state index contributed by atoms with van der Waals surface area (Å²) < 4.78 is 0. The molecular weight excluding hydrogens is 230 g/mol. The smallest absolute Gasteiger partial charge is 0.242 e. The van der Waals surface area contributed by atoms with Gasteiger partial charge in [0, 0.05) is 33.1 Å². The summed E-state index contributed by atoms with van der Waals surface area (Å²) in [5.74, 6) is 0.0137. The Labute approximate surface area is 102 Å². The number of rotatable bonds is 1. The van der Waals surface area contributed by atoms with Crippen LogP contribution < -0.4 is 5.73 Å². The lowest BCUT2D eigenvalue weighted by atomic mass is 10.0. The molecule has 1 aliphatic heterocycles. The van der Waals surface area contributed by atoms with E-state index in [-0.39, 0.29) is 24.2 Å². The molecule has 0 aliphatic carbocycles. The second-order valence-electron chi connectivity index (χ2n) is 4.52. The number of nitrogens with zero attached hydrogens (tertiary/aromatic N) is 2. The number of nitrogens with two attached hydrogens (primary N) is 1. The van der Waals surface area contributed by atoms with Gasteiger partial charge in [-0.05, 0) is 13.8 Å². The molecule has 1 fully saturated rings. The molecular formula is C10H20ClN3O2. The van der Waals surface area contributed by atoms with E-state index in [1.54, 1.807) is 30.6 Å². The van der Waals surface area contributed by atoms with Crippen molar-refractivity contribution < 1.29 is 9.59 Å². The zero-order valence-corrected chi connectivity index (χ0v) is 10.8. The predicted molar refractivity (Wildman–Crippen MR) is 64.3 cm³/mol. The van der Waals surface area contributed by atoms with Crippen LogP contribution in [0.2, 0.25) is 0 Å². The molecule has 16 heavy (non-hydrogen) atoms. The van der Waals surface area contributed by atoms with Crippen molar-refractivity contribution >= 4 is 24.2 Å². The fourth-order valence-corrected chi connectivity index (χ4v) is 1.63. The second-order valence-corrected chi connectivity index (χ2v) is 4.52. The molecule has 1 heterocycles. The number of hydrogen-bond acceptors (Lipinski definition) is 3. The molecule has 0 atom stereocenters. The van der Waals surface area contributed by atoms with Crippen molar-refractivity contribution in [1.29, 1.82) is 0 Å². The molecule has 2 N–H and O–H groups in total. The summed E-state index contributed by atoms with van der Waals surface area (Å²) in [4.78, 5) is 26.3. The van der Waals surface area contributed by atoms with E-state index in [0.29, 0.717) is 26.2 Å². The van der Waals surface area contributed by atoms with Gasteiger partial charge in [0.2, 0.25) is 11.8 Å². The molecule has 0 saturated carbocycles. The van der Waals surface area contributed by atoms with E-state index in [4.69, 9.17) is 5.73 Å². The average Bonchev–Trinajstić information content (AvgIpc) is 2.15. The Bertz CT molecular complexity index is 268. The first-order chi connectivity index (χ1) is 6.82. The van der Waals surface area contributed by atoms with E-state index >= 15 is 0 Å². The Morgan fingerprint density at radius 2 is 1.44 bits per heavy atom. The molecule has 5 nitrogen and oxygen atoms in total. The largest absolute Gasteiger partial charge is 0.339 e. The molecule has 0 bridgehead atoms. The van der Waals surface area contributed by atoms with Gasteiger partial charge in [0.05, 0.1) is 5.54 Å². The molecule has 1 saturated heterocycles. The predicted octanol–water partition coefficient (Wildman–Crippen LogP) is -0.164. The van der Waals surface area contributed by atoms with Gasteiger partial charge in [-0.25, -0.2) is 0 Å². The molecule has 6 heteroatoms. The van der Waals surface area contributed by atoms with Crippen molar-refractivity contribution in [2.24, 2.45) is 5.73 Å². The summed E-state index contributed by atoms with van der Waals surface area (Å²) in [6, 6.07) is 0. The van der Waals surface area contributed by atoms with Gasteiger partial charge in [-0.2, -0.15) is 0 Å². The van der Waals surface area contributed by atoms with Crippen LogP contribution in [0.4, 0.5) is 0 Å². The van der Waals surface area contributed by atoms with Crippen molar-refractivity contribution in [1.82, 2.24) is 9.80 Å². The van der Waals surface area contributed by atoms with E-state index < -0.39 is 5.54 Å². The van der Waals surface area contributed by atoms with Gasteiger partial charge in [-0.1, -0.05) is 0 Å². The Hall–Kier alpha value is -0.810. The summed E-state index contributed by atoms with van der Waals surface area (Å²) in [5, 5.41) is 0. The maximum absolute atomic E-state index is 11.8. The number of piperazine rings is 1. The fourth-order valence-electron chi connectivity index (χ4n) is 1.63. The van der Waals surface area contributed by atoms with Crippen LogP contribution in [0.1, 0.15) is 20.8 Å². The van der Waals surface area contributed by atoms with E-state index in [1.807, 2.05) is 0 Å². The van der Waals surface area contributed by atoms with Gasteiger partial charge in [-0.15, -0.1) is 12.4 Å². The molecule has 0 radical (unpaired) electrons. The SMILES string of the molecule is CC(=O)N1CCN(C(=O)C(C)(C)N)CC1.Cl. The summed E-state index contributed by atoms with van der Waals surface area (Å²) in [7, 11) is 0. The maximum atomic E-state index is 11.8. The van der Waals surface area contributed by atoms with Gasteiger partial charge in [0.15, 0.2) is 0 Å². The number of carbonyl (C=O) groups is 2. The van der Waals surface area contributed by atoms with Gasteiger partial charge in [-0.3, -0.25) is 9.59 Å². The minimum atomic E-state index is -0.821. The second kappa shape index (κ2) is 5.50. The molecule has 0 aromatic carbocycles. The Kier molecular flexibility index (Phi) is 5.22. The first kappa shape index (κ1) is 15.2. The van der Waals surface area contributed by atoms with Crippen LogP contribution in [0.15, 0.2) is 0 Å². The Morgan fingerprint density at radius 3 is 1.75 bits per heavy atom. The van der Waals surface area contributed by atoms with Crippen LogP contribution in [0.25, 0.3) is 0 Å². The minimum Gasteiger partial charge on any atom is -0.339 e. The quantitative estimate of drug-likeness (QED) is 0.702. The van der Waals surface area contributed by atoms with Gasteiger partial charge in [0.1, 0.15) is 0 Å². The van der Waals surface area contributed by atoms with Crippen LogP contribution >= 0.6 is 12.4 Å². The standard InChI is InChI=1S/C10H19N3O2.ClH/c1-8(14)12-4-6-13(7-5-12)9(15)10(2,3)11;/h4-7,11H2,1-3H3;1H. The Morgan fingerprint density at radius 1 is 1.06 bits per heavy atom. The van der Waals surface area contributed by atoms with Crippen molar-refractivity contribution in [2.75, 3.05) is 26.2 Å². The molecule has 1 aliphatic rings. The van der Waals surface area contributed by atoms with Crippen molar-refractivity contribution in [3.05, 3.63) is 0 Å². The summed E-state index contributed by atoms with van der Waals surface area (Å²) in [5.41, 5.74) is 4.91. The first-order valence-corrected chi connectivity index (χ1v) is 5.16. The number of carbonyl (C=O) groups excluding carboxylic acids is 2. The van der Waals surface area contributed by atoms with Crippen LogP contribution in [0.5, 0.6) is 0 Å². The summed E-state index contributed by atoms with van der Waals surface area (Å²) in [6.07, 6.45) is 0. The van der Waals surface area contributed by atoms with E-state index in [9.17, 15) is 9.59 Å². The molecule has 0 unspecified atom stereocenters. The molecule has 0 aromatic heterocycles. The van der Waals surface area contributed by atoms with Crippen molar-refractivity contribution in [2.45, 2.75) is 26.3 Å². The topological polar surface area (TPSA) is 66.6 Å². The lowest BCUT2D eigenvalue weighted by Gasteiger charge is -2.37. The molecule has 94 valence electrons. The van der Waals surface area contributed by atoms with Gasteiger partial charge < -0.3 is 15.5 Å². The lowest BCUT2D eigenvalue weighted by Crippen LogP contribution is -2.57. The average molecular weight is 250 g/mol. The Balaban J connectivity index is 0.00000225. The maximum Gasteiger partial charge on any atom is 0.242 e. The molecule has 1 rings (SSSR count). The fraction of sp³-hybridized carbons (Fsp3) is 0.800. The highest BCUT2D eigenvalue weighted by Crippen LogP contribution is 2.08. The normalized spacial score (nSPS) is 16.8. The van der Waals surface area contributed by atoms with Gasteiger partial charge >= 0.3 is 0 Å². The third-order valence-corrected chi connectivity index (χ3v) is 2.56. The first-order valence-electron chi connectivity index (χ1n) is 5.16. The van der Waals surface area contributed by atoms with Crippen LogP contribution in [-0.2, 0) is 9.59 Å². The zero-order valence-electron chi connectivity index (χ0n) is 10.0. The van der Waals surface area contributed by atoms with Crippen LogP contribution in [-0.4, -0.2) is 53.3 Å². The van der Waals surface area contributed by atoms with E-state index in [1.165, 1.54) is 0 Å². The number of amides is 2. The van der Waals surface area contributed by atoms with E-state index in [2.05, 4.69) is 0 Å². The van der Waals surface area contributed by atoms with Crippen molar-refractivity contribution in [3.63, 3.8) is 0 Å².